The van der Waals surface area contributed by atoms with Crippen molar-refractivity contribution in [3.8, 4) is 11.3 Å². The number of carboxylic acids is 1. The van der Waals surface area contributed by atoms with Crippen LogP contribution in [0.25, 0.3) is 11.3 Å². The first kappa shape index (κ1) is 25.7. The van der Waals surface area contributed by atoms with E-state index in [4.69, 9.17) is 33.1 Å². The van der Waals surface area contributed by atoms with Crippen molar-refractivity contribution >= 4 is 35.0 Å². The molecule has 0 bridgehead atoms. The Morgan fingerprint density at radius 1 is 1.18 bits per heavy atom. The number of hydrogen-bond donors (Lipinski definition) is 2. The van der Waals surface area contributed by atoms with Crippen molar-refractivity contribution in [1.29, 1.82) is 0 Å². The zero-order chi connectivity index (χ0) is 25.0. The lowest BCUT2D eigenvalue weighted by Crippen LogP contribution is -2.31. The number of hydrogen-bond acceptors (Lipinski definition) is 5. The van der Waals surface area contributed by atoms with Gasteiger partial charge in [0.1, 0.15) is 12.1 Å². The van der Waals surface area contributed by atoms with Gasteiger partial charge in [0.05, 0.1) is 5.69 Å². The standard InChI is InChI=1S/C21H20Cl2N4.C2HF3O2/c1-24-21-9-20(25-12-26-21)14-5-3-4-13(6-14)17-10-27(2)11-18-16(17)7-15(22)8-19(18)23;3-2(4,5)1(6)7/h3-9,12,17H,10-11H2,1-2H3,(H,24,25,26);(H,6,7)/t17-;/m0./s1. The van der Waals surface area contributed by atoms with Crippen LogP contribution in [0.4, 0.5) is 19.0 Å². The molecule has 1 aromatic heterocycles. The van der Waals surface area contributed by atoms with Crippen LogP contribution in [-0.4, -0.2) is 52.8 Å². The summed E-state index contributed by atoms with van der Waals surface area (Å²) in [5.74, 6) is -1.75. The minimum atomic E-state index is -5.08. The average Bonchev–Trinajstić information content (AvgIpc) is 2.79. The molecule has 0 spiro atoms. The van der Waals surface area contributed by atoms with E-state index in [0.29, 0.717) is 5.02 Å². The van der Waals surface area contributed by atoms with Gasteiger partial charge in [-0.1, -0.05) is 41.4 Å². The summed E-state index contributed by atoms with van der Waals surface area (Å²) in [6.45, 7) is 1.75. The summed E-state index contributed by atoms with van der Waals surface area (Å²) in [7, 11) is 3.97. The second-order valence-electron chi connectivity index (χ2n) is 7.67. The van der Waals surface area contributed by atoms with Crippen molar-refractivity contribution in [3.63, 3.8) is 0 Å². The molecule has 3 aromatic rings. The van der Waals surface area contributed by atoms with E-state index in [1.165, 1.54) is 11.1 Å². The Balaban J connectivity index is 0.000000406. The number of aromatic nitrogens is 2. The summed E-state index contributed by atoms with van der Waals surface area (Å²) >= 11 is 12.8. The molecular weight excluding hydrogens is 492 g/mol. The number of alkyl halides is 3. The molecule has 0 amide bonds. The van der Waals surface area contributed by atoms with Crippen LogP contribution in [-0.2, 0) is 11.3 Å². The molecule has 11 heteroatoms. The largest absolute Gasteiger partial charge is 0.490 e. The second kappa shape index (κ2) is 10.6. The Morgan fingerprint density at radius 2 is 1.88 bits per heavy atom. The number of nitrogens with one attached hydrogen (secondary N) is 1. The SMILES string of the molecule is CNc1cc(-c2cccc([C@@H]3CN(C)Cc4c(Cl)cc(Cl)cc43)c2)ncn1.O=C(O)C(F)(F)F. The van der Waals surface area contributed by atoms with Gasteiger partial charge in [-0.2, -0.15) is 13.2 Å². The maximum absolute atomic E-state index is 10.6. The summed E-state index contributed by atoms with van der Waals surface area (Å²) in [5, 5.41) is 11.6. The van der Waals surface area contributed by atoms with Crippen LogP contribution in [0, 0.1) is 0 Å². The minimum Gasteiger partial charge on any atom is -0.475 e. The third-order valence-corrected chi connectivity index (χ3v) is 5.80. The predicted octanol–water partition coefficient (Wildman–Crippen LogP) is 5.70. The average molecular weight is 513 g/mol. The Hall–Kier alpha value is -2.88. The predicted molar refractivity (Wildman–Crippen MR) is 125 cm³/mol. The van der Waals surface area contributed by atoms with E-state index in [-0.39, 0.29) is 5.92 Å². The number of nitrogens with zero attached hydrogens (tertiary/aromatic N) is 3. The van der Waals surface area contributed by atoms with Gasteiger partial charge in [0.25, 0.3) is 0 Å². The van der Waals surface area contributed by atoms with Crippen molar-refractivity contribution in [2.24, 2.45) is 0 Å². The number of fused-ring (bicyclic) bond motifs is 1. The van der Waals surface area contributed by atoms with E-state index < -0.39 is 12.1 Å². The fourth-order valence-corrected chi connectivity index (χ4v) is 4.27. The molecule has 4 rings (SSSR count). The molecule has 1 atom stereocenters. The lowest BCUT2D eigenvalue weighted by molar-refractivity contribution is -0.192. The summed E-state index contributed by atoms with van der Waals surface area (Å²) in [5.41, 5.74) is 5.55. The van der Waals surface area contributed by atoms with E-state index in [1.807, 2.05) is 19.2 Å². The van der Waals surface area contributed by atoms with Gasteiger partial charge in [-0.05, 0) is 41.9 Å². The number of carboxylic acid groups (broad SMARTS) is 1. The molecule has 0 saturated heterocycles. The highest BCUT2D eigenvalue weighted by molar-refractivity contribution is 6.35. The van der Waals surface area contributed by atoms with Gasteiger partial charge in [0, 0.05) is 47.7 Å². The number of halogens is 5. The van der Waals surface area contributed by atoms with Crippen LogP contribution < -0.4 is 5.32 Å². The van der Waals surface area contributed by atoms with Gasteiger partial charge in [-0.3, -0.25) is 0 Å². The van der Waals surface area contributed by atoms with Gasteiger partial charge >= 0.3 is 12.1 Å². The number of benzene rings is 2. The molecule has 2 aromatic carbocycles. The first-order valence-corrected chi connectivity index (χ1v) is 10.8. The minimum absolute atomic E-state index is 0.209. The summed E-state index contributed by atoms with van der Waals surface area (Å²) < 4.78 is 31.7. The summed E-state index contributed by atoms with van der Waals surface area (Å²) in [6.07, 6.45) is -3.50. The summed E-state index contributed by atoms with van der Waals surface area (Å²) in [4.78, 5) is 19.8. The molecule has 2 N–H and O–H groups in total. The van der Waals surface area contributed by atoms with Crippen LogP contribution in [0.1, 0.15) is 22.6 Å². The van der Waals surface area contributed by atoms with Crippen molar-refractivity contribution in [2.45, 2.75) is 18.6 Å². The smallest absolute Gasteiger partial charge is 0.475 e. The van der Waals surface area contributed by atoms with Crippen LogP contribution in [0.3, 0.4) is 0 Å². The van der Waals surface area contributed by atoms with Gasteiger partial charge in [0.15, 0.2) is 0 Å². The molecule has 0 saturated carbocycles. The van der Waals surface area contributed by atoms with Gasteiger partial charge in [0.2, 0.25) is 0 Å². The van der Waals surface area contributed by atoms with Gasteiger partial charge < -0.3 is 15.3 Å². The zero-order valence-electron chi connectivity index (χ0n) is 18.2. The molecule has 1 aliphatic rings. The van der Waals surface area contributed by atoms with Crippen molar-refractivity contribution < 1.29 is 23.1 Å². The van der Waals surface area contributed by atoms with Crippen LogP contribution in [0.5, 0.6) is 0 Å². The van der Waals surface area contributed by atoms with Gasteiger partial charge in [-0.25, -0.2) is 14.8 Å². The van der Waals surface area contributed by atoms with E-state index in [9.17, 15) is 13.2 Å². The first-order chi connectivity index (χ1) is 16.0. The van der Waals surface area contributed by atoms with Gasteiger partial charge in [-0.15, -0.1) is 0 Å². The normalized spacial score (nSPS) is 15.7. The van der Waals surface area contributed by atoms with Crippen molar-refractivity contribution in [2.75, 3.05) is 26.0 Å². The molecule has 1 aliphatic heterocycles. The molecule has 2 heterocycles. The fourth-order valence-electron chi connectivity index (χ4n) is 3.70. The quantitative estimate of drug-likeness (QED) is 0.468. The third kappa shape index (κ3) is 6.16. The maximum atomic E-state index is 10.6. The Kier molecular flexibility index (Phi) is 8.01. The number of aliphatic carboxylic acids is 1. The van der Waals surface area contributed by atoms with Crippen molar-refractivity contribution in [1.82, 2.24) is 14.9 Å². The second-order valence-corrected chi connectivity index (χ2v) is 8.52. The molecule has 180 valence electrons. The van der Waals surface area contributed by atoms with E-state index in [0.717, 1.165) is 40.8 Å². The Bertz CT molecular complexity index is 1190. The fraction of sp³-hybridized carbons (Fsp3) is 0.261. The Morgan fingerprint density at radius 3 is 2.53 bits per heavy atom. The topological polar surface area (TPSA) is 78.3 Å². The zero-order valence-corrected chi connectivity index (χ0v) is 19.7. The molecule has 0 aliphatic carbocycles. The number of anilines is 1. The third-order valence-electron chi connectivity index (χ3n) is 5.24. The molecule has 6 nitrogen and oxygen atoms in total. The molecule has 0 unspecified atom stereocenters. The molecule has 0 radical (unpaired) electrons. The van der Waals surface area contributed by atoms with Crippen LogP contribution in [0.2, 0.25) is 10.0 Å². The Labute approximate surface area is 204 Å². The monoisotopic (exact) mass is 512 g/mol. The highest BCUT2D eigenvalue weighted by Crippen LogP contribution is 2.39. The lowest BCUT2D eigenvalue weighted by atomic mass is 9.84. The number of carbonyl (C=O) groups is 1. The van der Waals surface area contributed by atoms with Crippen LogP contribution in [0.15, 0.2) is 48.8 Å². The highest BCUT2D eigenvalue weighted by Gasteiger charge is 2.38. The lowest BCUT2D eigenvalue weighted by Gasteiger charge is -2.33. The molecule has 0 fully saturated rings. The molecule has 34 heavy (non-hydrogen) atoms. The maximum Gasteiger partial charge on any atom is 0.490 e. The first-order valence-electron chi connectivity index (χ1n) is 10.1. The van der Waals surface area contributed by atoms with Crippen molar-refractivity contribution in [3.05, 3.63) is 75.5 Å². The van der Waals surface area contributed by atoms with E-state index >= 15 is 0 Å². The molecular formula is C23H21Cl2F3N4O2. The van der Waals surface area contributed by atoms with Crippen LogP contribution >= 0.6 is 23.2 Å². The summed E-state index contributed by atoms with van der Waals surface area (Å²) in [6, 6.07) is 14.3. The number of likely N-dealkylation sites (N-methyl/N-ethyl adjacent to an activating group) is 1. The highest BCUT2D eigenvalue weighted by atomic mass is 35.5. The van der Waals surface area contributed by atoms with E-state index in [2.05, 4.69) is 57.6 Å². The number of rotatable bonds is 3. The van der Waals surface area contributed by atoms with E-state index in [1.54, 1.807) is 6.33 Å².